The van der Waals surface area contributed by atoms with Crippen molar-refractivity contribution in [2.45, 2.75) is 27.3 Å². The third-order valence-corrected chi connectivity index (χ3v) is 2.45. The molecule has 0 spiro atoms. The number of nitrogens with zero attached hydrogens (tertiary/aromatic N) is 2. The van der Waals surface area contributed by atoms with Gasteiger partial charge in [-0.25, -0.2) is 0 Å². The van der Waals surface area contributed by atoms with Crippen LogP contribution in [0, 0.1) is 12.3 Å². The Morgan fingerprint density at radius 1 is 1.41 bits per heavy atom. The smallest absolute Gasteiger partial charge is 0.312 e. The number of ether oxygens (including phenoxy) is 1. The maximum atomic E-state index is 11.4. The maximum absolute atomic E-state index is 11.4. The summed E-state index contributed by atoms with van der Waals surface area (Å²) < 4.78 is 4.73. The number of aryl methyl sites for hydroxylation is 1. The topological polar surface area (TPSA) is 64.1 Å². The molecule has 1 N–H and O–H groups in total. The quantitative estimate of drug-likeness (QED) is 0.776. The summed E-state index contributed by atoms with van der Waals surface area (Å²) >= 11 is 0. The molecule has 0 bridgehead atoms. The van der Waals surface area contributed by atoms with E-state index in [0.29, 0.717) is 13.1 Å². The normalized spacial score (nSPS) is 11.3. The van der Waals surface area contributed by atoms with E-state index in [-0.39, 0.29) is 5.97 Å². The van der Waals surface area contributed by atoms with Crippen molar-refractivity contribution in [2.24, 2.45) is 5.41 Å². The fraction of sp³-hybridized carbons (Fsp3) is 0.583. The van der Waals surface area contributed by atoms with E-state index < -0.39 is 5.41 Å². The molecule has 0 aliphatic carbocycles. The molecule has 0 saturated heterocycles. The first-order chi connectivity index (χ1) is 7.95. The Balaban J connectivity index is 2.42. The molecular formula is C12H19N3O2. The van der Waals surface area contributed by atoms with Gasteiger partial charge in [0, 0.05) is 25.5 Å². The predicted molar refractivity (Wildman–Crippen MR) is 64.3 cm³/mol. The highest BCUT2D eigenvalue weighted by molar-refractivity contribution is 5.76. The van der Waals surface area contributed by atoms with Gasteiger partial charge in [-0.3, -0.25) is 14.8 Å². The summed E-state index contributed by atoms with van der Waals surface area (Å²) in [6, 6.07) is 0. The fourth-order valence-corrected chi connectivity index (χ4v) is 1.36. The summed E-state index contributed by atoms with van der Waals surface area (Å²) in [7, 11) is 1.40. The molecule has 5 nitrogen and oxygen atoms in total. The van der Waals surface area contributed by atoms with Crippen LogP contribution in [0.3, 0.4) is 0 Å². The lowest BCUT2D eigenvalue weighted by Gasteiger charge is -2.21. The van der Waals surface area contributed by atoms with Gasteiger partial charge in [-0.1, -0.05) is 0 Å². The fourth-order valence-electron chi connectivity index (χ4n) is 1.36. The second-order valence-corrected chi connectivity index (χ2v) is 4.63. The van der Waals surface area contributed by atoms with E-state index in [2.05, 4.69) is 15.3 Å². The number of nitrogens with one attached hydrogen (secondary N) is 1. The van der Waals surface area contributed by atoms with E-state index in [1.54, 1.807) is 12.4 Å². The van der Waals surface area contributed by atoms with Crippen LogP contribution in [0.25, 0.3) is 0 Å². The second-order valence-electron chi connectivity index (χ2n) is 4.63. The zero-order valence-electron chi connectivity index (χ0n) is 10.8. The average Bonchev–Trinajstić information content (AvgIpc) is 2.30. The van der Waals surface area contributed by atoms with Crippen LogP contribution in [0.5, 0.6) is 0 Å². The van der Waals surface area contributed by atoms with Crippen molar-refractivity contribution in [3.05, 3.63) is 23.8 Å². The Morgan fingerprint density at radius 2 is 2.12 bits per heavy atom. The predicted octanol–water partition coefficient (Wildman–Crippen LogP) is 1.07. The number of carbonyl (C=O) groups excluding carboxylic acids is 1. The zero-order chi connectivity index (χ0) is 12.9. The van der Waals surface area contributed by atoms with Gasteiger partial charge in [-0.05, 0) is 20.8 Å². The summed E-state index contributed by atoms with van der Waals surface area (Å²) in [6.45, 7) is 6.70. The molecule has 0 saturated carbocycles. The Kier molecular flexibility index (Phi) is 4.57. The third-order valence-electron chi connectivity index (χ3n) is 2.45. The number of carbonyl (C=O) groups is 1. The van der Waals surface area contributed by atoms with Crippen LogP contribution >= 0.6 is 0 Å². The van der Waals surface area contributed by atoms with Gasteiger partial charge in [-0.15, -0.1) is 0 Å². The number of hydrogen-bond donors (Lipinski definition) is 1. The van der Waals surface area contributed by atoms with Gasteiger partial charge < -0.3 is 10.1 Å². The molecule has 94 valence electrons. The number of esters is 1. The monoisotopic (exact) mass is 237 g/mol. The van der Waals surface area contributed by atoms with Gasteiger partial charge >= 0.3 is 5.97 Å². The lowest BCUT2D eigenvalue weighted by molar-refractivity contribution is -0.150. The molecule has 1 heterocycles. The highest BCUT2D eigenvalue weighted by atomic mass is 16.5. The first-order valence-corrected chi connectivity index (χ1v) is 5.52. The highest BCUT2D eigenvalue weighted by Gasteiger charge is 2.27. The van der Waals surface area contributed by atoms with Crippen molar-refractivity contribution in [1.29, 1.82) is 0 Å². The van der Waals surface area contributed by atoms with Crippen molar-refractivity contribution < 1.29 is 9.53 Å². The molecule has 0 aromatic carbocycles. The Labute approximate surface area is 102 Å². The molecular weight excluding hydrogens is 218 g/mol. The van der Waals surface area contributed by atoms with Gasteiger partial charge in [0.15, 0.2) is 0 Å². The molecule has 17 heavy (non-hydrogen) atoms. The molecule has 1 aromatic heterocycles. The first-order valence-electron chi connectivity index (χ1n) is 5.52. The minimum Gasteiger partial charge on any atom is -0.469 e. The van der Waals surface area contributed by atoms with E-state index in [0.717, 1.165) is 11.4 Å². The molecule has 0 unspecified atom stereocenters. The molecule has 1 aromatic rings. The molecule has 0 aliphatic rings. The SMILES string of the molecule is COC(=O)C(C)(C)CNCc1cnc(C)cn1. The van der Waals surface area contributed by atoms with Crippen LogP contribution in [0.4, 0.5) is 0 Å². The summed E-state index contributed by atoms with van der Waals surface area (Å²) in [5, 5.41) is 3.17. The van der Waals surface area contributed by atoms with Crippen molar-refractivity contribution in [3.63, 3.8) is 0 Å². The number of aromatic nitrogens is 2. The number of rotatable bonds is 5. The lowest BCUT2D eigenvalue weighted by Crippen LogP contribution is -2.36. The minimum absolute atomic E-state index is 0.222. The van der Waals surface area contributed by atoms with Gasteiger partial charge in [0.2, 0.25) is 0 Å². The van der Waals surface area contributed by atoms with E-state index in [1.807, 2.05) is 20.8 Å². The Bertz CT molecular complexity index is 374. The average molecular weight is 237 g/mol. The minimum atomic E-state index is -0.535. The van der Waals surface area contributed by atoms with E-state index in [9.17, 15) is 4.79 Å². The van der Waals surface area contributed by atoms with Crippen LogP contribution in [0.2, 0.25) is 0 Å². The van der Waals surface area contributed by atoms with Gasteiger partial charge in [0.1, 0.15) is 0 Å². The van der Waals surface area contributed by atoms with Crippen LogP contribution in [0.15, 0.2) is 12.4 Å². The van der Waals surface area contributed by atoms with Crippen LogP contribution in [-0.4, -0.2) is 29.6 Å². The van der Waals surface area contributed by atoms with E-state index in [4.69, 9.17) is 4.74 Å². The van der Waals surface area contributed by atoms with Gasteiger partial charge in [0.25, 0.3) is 0 Å². The van der Waals surface area contributed by atoms with Crippen molar-refractivity contribution in [1.82, 2.24) is 15.3 Å². The summed E-state index contributed by atoms with van der Waals surface area (Å²) in [4.78, 5) is 19.8. The molecule has 0 aliphatic heterocycles. The summed E-state index contributed by atoms with van der Waals surface area (Å²) in [5.74, 6) is -0.222. The molecule has 5 heteroatoms. The van der Waals surface area contributed by atoms with Crippen LogP contribution in [-0.2, 0) is 16.1 Å². The van der Waals surface area contributed by atoms with Crippen molar-refractivity contribution in [3.8, 4) is 0 Å². The van der Waals surface area contributed by atoms with Crippen LogP contribution in [0.1, 0.15) is 25.2 Å². The van der Waals surface area contributed by atoms with E-state index >= 15 is 0 Å². The van der Waals surface area contributed by atoms with Gasteiger partial charge in [0.05, 0.1) is 23.9 Å². The molecule has 0 fully saturated rings. The lowest BCUT2D eigenvalue weighted by atomic mass is 9.94. The Hall–Kier alpha value is -1.49. The molecule has 1 rings (SSSR count). The second kappa shape index (κ2) is 5.72. The van der Waals surface area contributed by atoms with Crippen molar-refractivity contribution >= 4 is 5.97 Å². The molecule has 0 atom stereocenters. The number of hydrogen-bond acceptors (Lipinski definition) is 5. The molecule has 0 radical (unpaired) electrons. The standard InChI is InChI=1S/C12H19N3O2/c1-9-5-15-10(7-14-9)6-13-8-12(2,3)11(16)17-4/h5,7,13H,6,8H2,1-4H3. The van der Waals surface area contributed by atoms with Crippen molar-refractivity contribution in [2.75, 3.05) is 13.7 Å². The van der Waals surface area contributed by atoms with E-state index in [1.165, 1.54) is 7.11 Å². The summed E-state index contributed by atoms with van der Waals surface area (Å²) in [5.41, 5.74) is 1.22. The number of methoxy groups -OCH3 is 1. The highest BCUT2D eigenvalue weighted by Crippen LogP contribution is 2.15. The zero-order valence-corrected chi connectivity index (χ0v) is 10.8. The summed E-state index contributed by atoms with van der Waals surface area (Å²) in [6.07, 6.45) is 3.45. The van der Waals surface area contributed by atoms with Gasteiger partial charge in [-0.2, -0.15) is 0 Å². The Morgan fingerprint density at radius 3 is 2.65 bits per heavy atom. The maximum Gasteiger partial charge on any atom is 0.312 e. The van der Waals surface area contributed by atoms with Crippen LogP contribution < -0.4 is 5.32 Å². The largest absolute Gasteiger partial charge is 0.469 e. The third kappa shape index (κ3) is 4.11. The molecule has 0 amide bonds. The first kappa shape index (κ1) is 13.6.